The van der Waals surface area contributed by atoms with E-state index in [1.807, 2.05) is 18.2 Å². The van der Waals surface area contributed by atoms with E-state index in [4.69, 9.17) is 15.2 Å². The maximum Gasteiger partial charge on any atom is 0.188 e. The van der Waals surface area contributed by atoms with E-state index in [-0.39, 0.29) is 0 Å². The van der Waals surface area contributed by atoms with E-state index in [2.05, 4.69) is 17.2 Å². The minimum absolute atomic E-state index is 0.453. The van der Waals surface area contributed by atoms with Crippen molar-refractivity contribution in [3.05, 3.63) is 23.8 Å². The van der Waals surface area contributed by atoms with Crippen molar-refractivity contribution in [1.29, 1.82) is 0 Å². The normalized spacial score (nSPS) is 11.2. The van der Waals surface area contributed by atoms with Crippen molar-refractivity contribution in [2.24, 2.45) is 10.7 Å². The summed E-state index contributed by atoms with van der Waals surface area (Å²) in [6.07, 6.45) is 1.02. The fourth-order valence-electron chi connectivity index (χ4n) is 1.46. The molecule has 0 radical (unpaired) electrons. The molecule has 0 saturated carbocycles. The van der Waals surface area contributed by atoms with E-state index < -0.39 is 0 Å². The van der Waals surface area contributed by atoms with Gasteiger partial charge < -0.3 is 20.5 Å². The standard InChI is InChI=1S/C13H21N3O2/c1-4-7-15-13(14)16-9-10-5-6-11(17-2)8-12(10)18-3/h5-6,8H,4,7,9H2,1-3H3,(H3,14,15,16). The van der Waals surface area contributed by atoms with Gasteiger partial charge in [-0.2, -0.15) is 0 Å². The molecule has 5 heteroatoms. The molecule has 0 fully saturated rings. The Kier molecular flexibility index (Phi) is 5.84. The lowest BCUT2D eigenvalue weighted by Gasteiger charge is -2.09. The second-order valence-corrected chi connectivity index (χ2v) is 3.81. The molecule has 1 rings (SSSR count). The number of nitrogens with one attached hydrogen (secondary N) is 1. The first-order valence-corrected chi connectivity index (χ1v) is 5.96. The summed E-state index contributed by atoms with van der Waals surface area (Å²) in [7, 11) is 3.25. The van der Waals surface area contributed by atoms with Gasteiger partial charge in [0.15, 0.2) is 5.96 Å². The fraction of sp³-hybridized carbons (Fsp3) is 0.462. The third-order valence-corrected chi connectivity index (χ3v) is 2.47. The molecular formula is C13H21N3O2. The first kappa shape index (κ1) is 14.2. The van der Waals surface area contributed by atoms with Crippen molar-refractivity contribution in [3.8, 4) is 11.5 Å². The largest absolute Gasteiger partial charge is 0.497 e. The molecule has 0 aliphatic carbocycles. The van der Waals surface area contributed by atoms with E-state index in [1.54, 1.807) is 14.2 Å². The number of guanidine groups is 1. The molecule has 5 nitrogen and oxygen atoms in total. The maximum absolute atomic E-state index is 5.73. The number of rotatable bonds is 6. The second-order valence-electron chi connectivity index (χ2n) is 3.81. The highest BCUT2D eigenvalue weighted by molar-refractivity contribution is 5.77. The SMILES string of the molecule is CCCNC(N)=NCc1ccc(OC)cc1OC. The van der Waals surface area contributed by atoms with Gasteiger partial charge in [-0.25, -0.2) is 4.99 Å². The molecule has 0 atom stereocenters. The summed E-state index contributed by atoms with van der Waals surface area (Å²) in [5, 5.41) is 3.02. The smallest absolute Gasteiger partial charge is 0.188 e. The summed E-state index contributed by atoms with van der Waals surface area (Å²) in [6, 6.07) is 5.64. The van der Waals surface area contributed by atoms with Gasteiger partial charge >= 0.3 is 0 Å². The van der Waals surface area contributed by atoms with E-state index in [0.717, 1.165) is 30.0 Å². The minimum atomic E-state index is 0.453. The zero-order valence-corrected chi connectivity index (χ0v) is 11.2. The molecule has 0 aliphatic heterocycles. The summed E-state index contributed by atoms with van der Waals surface area (Å²) >= 11 is 0. The molecular weight excluding hydrogens is 230 g/mol. The summed E-state index contributed by atoms with van der Waals surface area (Å²) in [5.74, 6) is 1.97. The quantitative estimate of drug-likeness (QED) is 0.594. The number of hydrogen-bond donors (Lipinski definition) is 2. The van der Waals surface area contributed by atoms with Crippen molar-refractivity contribution in [1.82, 2.24) is 5.32 Å². The van der Waals surface area contributed by atoms with E-state index >= 15 is 0 Å². The van der Waals surface area contributed by atoms with Crippen molar-refractivity contribution in [2.45, 2.75) is 19.9 Å². The van der Waals surface area contributed by atoms with Gasteiger partial charge in [0.25, 0.3) is 0 Å². The highest BCUT2D eigenvalue weighted by Crippen LogP contribution is 2.24. The zero-order valence-electron chi connectivity index (χ0n) is 11.2. The van der Waals surface area contributed by atoms with E-state index in [0.29, 0.717) is 12.5 Å². The molecule has 18 heavy (non-hydrogen) atoms. The molecule has 3 N–H and O–H groups in total. The van der Waals surface area contributed by atoms with Crippen molar-refractivity contribution in [3.63, 3.8) is 0 Å². The molecule has 0 bridgehead atoms. The minimum Gasteiger partial charge on any atom is -0.497 e. The number of aliphatic imine (C=N–C) groups is 1. The van der Waals surface area contributed by atoms with Crippen LogP contribution >= 0.6 is 0 Å². The molecule has 0 saturated heterocycles. The van der Waals surface area contributed by atoms with Crippen LogP contribution in [0.4, 0.5) is 0 Å². The number of ether oxygens (including phenoxy) is 2. The van der Waals surface area contributed by atoms with Crippen LogP contribution in [0, 0.1) is 0 Å². The van der Waals surface area contributed by atoms with Gasteiger partial charge in [-0.05, 0) is 18.6 Å². The number of nitrogens with zero attached hydrogens (tertiary/aromatic N) is 1. The monoisotopic (exact) mass is 251 g/mol. The Morgan fingerprint density at radius 2 is 2.11 bits per heavy atom. The molecule has 1 aromatic carbocycles. The van der Waals surface area contributed by atoms with Gasteiger partial charge in [0.05, 0.1) is 20.8 Å². The Bertz CT molecular complexity index is 405. The summed E-state index contributed by atoms with van der Waals surface area (Å²) in [5.41, 5.74) is 6.70. The van der Waals surface area contributed by atoms with Gasteiger partial charge in [-0.1, -0.05) is 6.92 Å². The number of hydrogen-bond acceptors (Lipinski definition) is 3. The third-order valence-electron chi connectivity index (χ3n) is 2.47. The van der Waals surface area contributed by atoms with Gasteiger partial charge in [-0.3, -0.25) is 0 Å². The van der Waals surface area contributed by atoms with Crippen LogP contribution in [0.25, 0.3) is 0 Å². The van der Waals surface area contributed by atoms with Crippen LogP contribution in [0.3, 0.4) is 0 Å². The Labute approximate surface area is 108 Å². The molecule has 0 unspecified atom stereocenters. The Morgan fingerprint density at radius 1 is 1.33 bits per heavy atom. The maximum atomic E-state index is 5.73. The lowest BCUT2D eigenvalue weighted by Crippen LogP contribution is -2.32. The van der Waals surface area contributed by atoms with Crippen molar-refractivity contribution >= 4 is 5.96 Å². The third kappa shape index (κ3) is 4.16. The van der Waals surface area contributed by atoms with Crippen LogP contribution < -0.4 is 20.5 Å². The van der Waals surface area contributed by atoms with Crippen LogP contribution in [0.5, 0.6) is 11.5 Å². The van der Waals surface area contributed by atoms with Crippen LogP contribution in [-0.4, -0.2) is 26.7 Å². The predicted octanol–water partition coefficient (Wildman–Crippen LogP) is 1.52. The van der Waals surface area contributed by atoms with Gasteiger partial charge in [0.2, 0.25) is 0 Å². The molecule has 100 valence electrons. The van der Waals surface area contributed by atoms with Crippen LogP contribution in [0.1, 0.15) is 18.9 Å². The average Bonchev–Trinajstić information content (AvgIpc) is 2.42. The number of methoxy groups -OCH3 is 2. The summed E-state index contributed by atoms with van der Waals surface area (Å²) < 4.78 is 10.4. The fourth-order valence-corrected chi connectivity index (χ4v) is 1.46. The molecule has 0 spiro atoms. The predicted molar refractivity (Wildman–Crippen MR) is 73.2 cm³/mol. The number of nitrogens with two attached hydrogens (primary N) is 1. The molecule has 1 aromatic rings. The zero-order chi connectivity index (χ0) is 13.4. The molecule has 0 aromatic heterocycles. The van der Waals surface area contributed by atoms with Gasteiger partial charge in [0.1, 0.15) is 11.5 Å². The average molecular weight is 251 g/mol. The Hall–Kier alpha value is -1.91. The van der Waals surface area contributed by atoms with E-state index in [1.165, 1.54) is 0 Å². The van der Waals surface area contributed by atoms with Crippen LogP contribution in [0.15, 0.2) is 23.2 Å². The lowest BCUT2D eigenvalue weighted by atomic mass is 10.2. The van der Waals surface area contributed by atoms with Crippen LogP contribution in [-0.2, 0) is 6.54 Å². The van der Waals surface area contributed by atoms with Gasteiger partial charge in [-0.15, -0.1) is 0 Å². The van der Waals surface area contributed by atoms with Crippen molar-refractivity contribution in [2.75, 3.05) is 20.8 Å². The molecule has 0 aliphatic rings. The molecule has 0 amide bonds. The van der Waals surface area contributed by atoms with Crippen LogP contribution in [0.2, 0.25) is 0 Å². The highest BCUT2D eigenvalue weighted by Gasteiger charge is 2.04. The highest BCUT2D eigenvalue weighted by atomic mass is 16.5. The first-order valence-electron chi connectivity index (χ1n) is 5.96. The Morgan fingerprint density at radius 3 is 2.72 bits per heavy atom. The van der Waals surface area contributed by atoms with Crippen molar-refractivity contribution < 1.29 is 9.47 Å². The Balaban J connectivity index is 2.72. The van der Waals surface area contributed by atoms with E-state index in [9.17, 15) is 0 Å². The molecule has 0 heterocycles. The number of benzene rings is 1. The second kappa shape index (κ2) is 7.42. The lowest BCUT2D eigenvalue weighted by molar-refractivity contribution is 0.391. The summed E-state index contributed by atoms with van der Waals surface area (Å²) in [6.45, 7) is 3.39. The van der Waals surface area contributed by atoms with Gasteiger partial charge in [0, 0.05) is 18.2 Å². The first-order chi connectivity index (χ1) is 8.71. The topological polar surface area (TPSA) is 68.9 Å². The summed E-state index contributed by atoms with van der Waals surface area (Å²) in [4.78, 5) is 4.26.